The molecular formula is C24H27ClN4O2S. The summed E-state index contributed by atoms with van der Waals surface area (Å²) in [6, 6.07) is 13.3. The summed E-state index contributed by atoms with van der Waals surface area (Å²) in [6.45, 7) is 4.51. The number of likely N-dealkylation sites (tertiary alicyclic amines) is 1. The zero-order valence-electron chi connectivity index (χ0n) is 18.4. The molecule has 2 aromatic carbocycles. The van der Waals surface area contributed by atoms with Gasteiger partial charge in [-0.3, -0.25) is 14.3 Å². The lowest BCUT2D eigenvalue weighted by atomic mass is 10.1. The molecule has 4 rings (SSSR count). The van der Waals surface area contributed by atoms with E-state index in [-0.39, 0.29) is 5.78 Å². The molecule has 1 fully saturated rings. The van der Waals surface area contributed by atoms with Crippen LogP contribution in [0.5, 0.6) is 5.75 Å². The third-order valence-electron chi connectivity index (χ3n) is 5.64. The highest BCUT2D eigenvalue weighted by Gasteiger charge is 2.19. The first-order chi connectivity index (χ1) is 15.5. The molecular weight excluding hydrogens is 444 g/mol. The summed E-state index contributed by atoms with van der Waals surface area (Å²) in [4.78, 5) is 14.3. The van der Waals surface area contributed by atoms with Crippen molar-refractivity contribution in [2.45, 2.75) is 43.6 Å². The minimum absolute atomic E-state index is 0.0343. The third kappa shape index (κ3) is 5.34. The lowest BCUT2D eigenvalue weighted by molar-refractivity contribution is 0.101. The van der Waals surface area contributed by atoms with Crippen LogP contribution in [-0.4, -0.2) is 45.6 Å². The van der Waals surface area contributed by atoms with E-state index in [1.807, 2.05) is 36.4 Å². The first kappa shape index (κ1) is 22.8. The van der Waals surface area contributed by atoms with Crippen LogP contribution in [-0.2, 0) is 12.3 Å². The van der Waals surface area contributed by atoms with Crippen LogP contribution in [0.25, 0.3) is 5.69 Å². The van der Waals surface area contributed by atoms with E-state index in [1.165, 1.54) is 19.3 Å². The molecule has 1 aromatic heterocycles. The lowest BCUT2D eigenvalue weighted by Gasteiger charge is -2.26. The maximum atomic E-state index is 11.8. The first-order valence-corrected chi connectivity index (χ1v) is 12.1. The Morgan fingerprint density at radius 1 is 1.09 bits per heavy atom. The summed E-state index contributed by atoms with van der Waals surface area (Å²) >= 11 is 7.71. The number of nitrogens with zero attached hydrogens (tertiary/aromatic N) is 4. The lowest BCUT2D eigenvalue weighted by Crippen LogP contribution is -2.30. The van der Waals surface area contributed by atoms with Crippen LogP contribution in [0.3, 0.4) is 0 Å². The van der Waals surface area contributed by atoms with E-state index in [4.69, 9.17) is 16.3 Å². The first-order valence-electron chi connectivity index (χ1n) is 10.8. The van der Waals surface area contributed by atoms with Crippen LogP contribution < -0.4 is 4.74 Å². The van der Waals surface area contributed by atoms with E-state index in [2.05, 4.69) is 19.7 Å². The van der Waals surface area contributed by atoms with E-state index in [0.29, 0.717) is 16.3 Å². The second-order valence-corrected chi connectivity index (χ2v) is 9.30. The average molecular weight is 471 g/mol. The van der Waals surface area contributed by atoms with Crippen LogP contribution in [0.15, 0.2) is 47.6 Å². The number of hydrogen-bond donors (Lipinski definition) is 0. The van der Waals surface area contributed by atoms with E-state index in [0.717, 1.165) is 47.6 Å². The number of benzene rings is 2. The molecule has 0 N–H and O–H groups in total. The van der Waals surface area contributed by atoms with Crippen molar-refractivity contribution in [1.82, 2.24) is 19.7 Å². The van der Waals surface area contributed by atoms with E-state index in [9.17, 15) is 4.79 Å². The zero-order chi connectivity index (χ0) is 22.5. The quantitative estimate of drug-likeness (QED) is 0.324. The molecule has 3 aromatic rings. The van der Waals surface area contributed by atoms with Gasteiger partial charge in [-0.05, 0) is 75.3 Å². The van der Waals surface area contributed by atoms with Gasteiger partial charge in [0, 0.05) is 27.6 Å². The molecule has 32 heavy (non-hydrogen) atoms. The largest absolute Gasteiger partial charge is 0.496 e. The van der Waals surface area contributed by atoms with Crippen molar-refractivity contribution >= 4 is 29.1 Å². The standard InChI is InChI=1S/C24H27ClN4O2S/c1-17(30)18-6-11-22(31-2)19(14-18)16-32-24-27-26-23(15-28-12-4-3-5-13-28)29(24)21-9-7-20(25)8-10-21/h6-11,14H,3-5,12-13,15-16H2,1-2H3. The Morgan fingerprint density at radius 2 is 1.84 bits per heavy atom. The number of halogens is 1. The van der Waals surface area contributed by atoms with Crippen LogP contribution in [0.1, 0.15) is 47.9 Å². The number of ether oxygens (including phenoxy) is 1. The Hall–Kier alpha value is -2.35. The highest BCUT2D eigenvalue weighted by atomic mass is 35.5. The molecule has 0 radical (unpaired) electrons. The predicted molar refractivity (Wildman–Crippen MR) is 128 cm³/mol. The van der Waals surface area contributed by atoms with Gasteiger partial charge in [0.1, 0.15) is 5.75 Å². The number of thioether (sulfide) groups is 1. The number of piperidine rings is 1. The molecule has 168 valence electrons. The number of ketones is 1. The van der Waals surface area contributed by atoms with Gasteiger partial charge in [0.25, 0.3) is 0 Å². The molecule has 0 bridgehead atoms. The molecule has 0 saturated carbocycles. The molecule has 2 heterocycles. The van der Waals surface area contributed by atoms with Gasteiger partial charge in [-0.15, -0.1) is 10.2 Å². The minimum atomic E-state index is 0.0343. The number of hydrogen-bond acceptors (Lipinski definition) is 6. The fraction of sp³-hybridized carbons (Fsp3) is 0.375. The van der Waals surface area contributed by atoms with Crippen molar-refractivity contribution in [3.8, 4) is 11.4 Å². The van der Waals surface area contributed by atoms with E-state index >= 15 is 0 Å². The second-order valence-electron chi connectivity index (χ2n) is 7.92. The highest BCUT2D eigenvalue weighted by molar-refractivity contribution is 7.98. The number of carbonyl (C=O) groups excluding carboxylic acids is 1. The summed E-state index contributed by atoms with van der Waals surface area (Å²) < 4.78 is 7.62. The molecule has 0 unspecified atom stereocenters. The zero-order valence-corrected chi connectivity index (χ0v) is 20.0. The van der Waals surface area contributed by atoms with Gasteiger partial charge < -0.3 is 4.74 Å². The van der Waals surface area contributed by atoms with Gasteiger partial charge in [-0.1, -0.05) is 29.8 Å². The summed E-state index contributed by atoms with van der Waals surface area (Å²) in [7, 11) is 1.64. The Morgan fingerprint density at radius 3 is 2.53 bits per heavy atom. The van der Waals surface area contributed by atoms with Gasteiger partial charge >= 0.3 is 0 Å². The Labute approximate surface area is 197 Å². The molecule has 6 nitrogen and oxygen atoms in total. The maximum Gasteiger partial charge on any atom is 0.196 e. The highest BCUT2D eigenvalue weighted by Crippen LogP contribution is 2.31. The minimum Gasteiger partial charge on any atom is -0.496 e. The van der Waals surface area contributed by atoms with Crippen LogP contribution >= 0.6 is 23.4 Å². The Balaban J connectivity index is 1.63. The molecule has 8 heteroatoms. The number of Topliss-reactive ketones (excluding diaryl/α,β-unsaturated/α-hetero) is 1. The molecule has 0 atom stereocenters. The van der Waals surface area contributed by atoms with Crippen molar-refractivity contribution in [3.05, 3.63) is 64.4 Å². The second kappa shape index (κ2) is 10.5. The van der Waals surface area contributed by atoms with E-state index < -0.39 is 0 Å². The van der Waals surface area contributed by atoms with Crippen LogP contribution in [0, 0.1) is 0 Å². The van der Waals surface area contributed by atoms with Crippen LogP contribution in [0.2, 0.25) is 5.02 Å². The molecule has 0 amide bonds. The van der Waals surface area contributed by atoms with Crippen molar-refractivity contribution in [3.63, 3.8) is 0 Å². The number of rotatable bonds is 8. The van der Waals surface area contributed by atoms with Crippen LogP contribution in [0.4, 0.5) is 0 Å². The molecule has 0 aliphatic carbocycles. The fourth-order valence-corrected chi connectivity index (χ4v) is 4.99. The van der Waals surface area contributed by atoms with Crippen molar-refractivity contribution < 1.29 is 9.53 Å². The van der Waals surface area contributed by atoms with Gasteiger partial charge in [-0.2, -0.15) is 0 Å². The summed E-state index contributed by atoms with van der Waals surface area (Å²) in [5, 5.41) is 10.6. The SMILES string of the molecule is COc1ccc(C(C)=O)cc1CSc1nnc(CN2CCCCC2)n1-c1ccc(Cl)cc1. The fourth-order valence-electron chi connectivity index (χ4n) is 3.92. The monoisotopic (exact) mass is 470 g/mol. The Bertz CT molecular complexity index is 1080. The smallest absolute Gasteiger partial charge is 0.196 e. The van der Waals surface area contributed by atoms with Gasteiger partial charge in [0.15, 0.2) is 16.8 Å². The Kier molecular flexibility index (Phi) is 7.50. The maximum absolute atomic E-state index is 11.8. The van der Waals surface area contributed by atoms with Crippen molar-refractivity contribution in [2.75, 3.05) is 20.2 Å². The van der Waals surface area contributed by atoms with E-state index in [1.54, 1.807) is 31.9 Å². The molecule has 1 saturated heterocycles. The van der Waals surface area contributed by atoms with Gasteiger partial charge in [0.05, 0.1) is 13.7 Å². The summed E-state index contributed by atoms with van der Waals surface area (Å²) in [5.74, 6) is 2.32. The molecule has 0 spiro atoms. The number of aromatic nitrogens is 3. The summed E-state index contributed by atoms with van der Waals surface area (Å²) in [5.41, 5.74) is 2.61. The topological polar surface area (TPSA) is 60.2 Å². The number of carbonyl (C=O) groups is 1. The van der Waals surface area contributed by atoms with Crippen molar-refractivity contribution in [1.29, 1.82) is 0 Å². The normalized spacial score (nSPS) is 14.5. The third-order valence-corrected chi connectivity index (χ3v) is 6.87. The van der Waals surface area contributed by atoms with Gasteiger partial charge in [0.2, 0.25) is 0 Å². The average Bonchev–Trinajstić information content (AvgIpc) is 3.20. The van der Waals surface area contributed by atoms with Gasteiger partial charge in [-0.25, -0.2) is 0 Å². The van der Waals surface area contributed by atoms with Crippen molar-refractivity contribution in [2.24, 2.45) is 0 Å². The predicted octanol–water partition coefficient (Wildman–Crippen LogP) is 5.41. The summed E-state index contributed by atoms with van der Waals surface area (Å²) in [6.07, 6.45) is 3.74. The number of methoxy groups -OCH3 is 1. The molecule has 1 aliphatic heterocycles. The molecule has 1 aliphatic rings.